The summed E-state index contributed by atoms with van der Waals surface area (Å²) >= 11 is 0. The molecule has 0 radical (unpaired) electrons. The molecule has 62 heavy (non-hydrogen) atoms. The molecule has 0 bridgehead atoms. The van der Waals surface area contributed by atoms with Crippen LogP contribution in [0.15, 0.2) is 72.9 Å². The molecule has 0 saturated carbocycles. The van der Waals surface area contributed by atoms with Gasteiger partial charge in [-0.25, -0.2) is 0 Å². The van der Waals surface area contributed by atoms with E-state index >= 15 is 0 Å². The lowest BCUT2D eigenvalue weighted by atomic mass is 10.0. The van der Waals surface area contributed by atoms with Crippen molar-refractivity contribution in [2.75, 3.05) is 6.61 Å². The number of amides is 1. The summed E-state index contributed by atoms with van der Waals surface area (Å²) < 4.78 is 5.91. The Morgan fingerprint density at radius 1 is 0.484 bits per heavy atom. The van der Waals surface area contributed by atoms with Crippen LogP contribution in [0.25, 0.3) is 0 Å². The van der Waals surface area contributed by atoms with Crippen molar-refractivity contribution in [2.45, 2.75) is 264 Å². The van der Waals surface area contributed by atoms with Crippen molar-refractivity contribution in [1.82, 2.24) is 5.32 Å². The van der Waals surface area contributed by atoms with E-state index in [0.29, 0.717) is 19.3 Å². The van der Waals surface area contributed by atoms with Gasteiger partial charge in [0.15, 0.2) is 0 Å². The molecule has 0 spiro atoms. The second kappa shape index (κ2) is 49.3. The SMILES string of the molecule is CC/C=C/C=C/C=C/C=C\CCCCCC(CC(=O)NC(CO)C(O)CCCCCCCCCCCCCC)OC(=O)CCCCCCC/C=C/C=C/CCCCCCCCC. The second-order valence-electron chi connectivity index (χ2n) is 17.7. The fraction of sp³-hybridized carbons (Fsp3) is 0.750. The van der Waals surface area contributed by atoms with Crippen LogP contribution < -0.4 is 5.32 Å². The van der Waals surface area contributed by atoms with Gasteiger partial charge in [-0.3, -0.25) is 9.59 Å². The first-order chi connectivity index (χ1) is 30.5. The molecule has 0 aromatic heterocycles. The van der Waals surface area contributed by atoms with E-state index in [0.717, 1.165) is 89.9 Å². The van der Waals surface area contributed by atoms with Crippen LogP contribution in [0.4, 0.5) is 0 Å². The Kier molecular flexibility index (Phi) is 47.2. The second-order valence-corrected chi connectivity index (χ2v) is 17.7. The monoisotopic (exact) mass is 866 g/mol. The van der Waals surface area contributed by atoms with Crippen LogP contribution in [0.3, 0.4) is 0 Å². The van der Waals surface area contributed by atoms with E-state index in [1.807, 2.05) is 24.3 Å². The summed E-state index contributed by atoms with van der Waals surface area (Å²) in [5.41, 5.74) is 0. The Hall–Kier alpha value is -2.70. The Balaban J connectivity index is 4.64. The van der Waals surface area contributed by atoms with E-state index in [1.54, 1.807) is 0 Å². The third-order valence-electron chi connectivity index (χ3n) is 11.6. The molecule has 0 heterocycles. The molecule has 3 unspecified atom stereocenters. The maximum absolute atomic E-state index is 13.2. The van der Waals surface area contributed by atoms with Gasteiger partial charge in [-0.05, 0) is 70.6 Å². The minimum absolute atomic E-state index is 0.0427. The zero-order chi connectivity index (χ0) is 45.2. The summed E-state index contributed by atoms with van der Waals surface area (Å²) in [7, 11) is 0. The number of carbonyl (C=O) groups excluding carboxylic acids is 2. The minimum Gasteiger partial charge on any atom is -0.462 e. The average molecular weight is 866 g/mol. The molecule has 6 nitrogen and oxygen atoms in total. The lowest BCUT2D eigenvalue weighted by molar-refractivity contribution is -0.151. The standard InChI is InChI=1S/C56H99NO5/c1-4-7-10-13-16-19-22-25-26-27-28-29-31-34-37-40-43-46-49-56(61)62-52(47-44-41-38-35-32-30-23-20-17-14-11-8-5-2)50-55(60)57-53(51-58)54(59)48-45-42-39-36-33-24-21-18-15-12-9-6-3/h8,11,14,17,20,23,26-30,32,52-54,58-59H,4-7,9-10,12-13,15-16,18-19,21-22,24-25,31,33-51H2,1-3H3,(H,57,60)/b11-8+,17-14+,23-20+,27-26+,29-28+,32-30-. The summed E-state index contributed by atoms with van der Waals surface area (Å²) in [5.74, 6) is -0.532. The molecule has 3 N–H and O–H groups in total. The van der Waals surface area contributed by atoms with Crippen LogP contribution in [0.5, 0.6) is 0 Å². The van der Waals surface area contributed by atoms with Gasteiger partial charge < -0.3 is 20.3 Å². The number of aliphatic hydroxyl groups excluding tert-OH is 2. The summed E-state index contributed by atoms with van der Waals surface area (Å²) in [6.45, 7) is 6.32. The van der Waals surface area contributed by atoms with E-state index in [2.05, 4.69) is 74.7 Å². The third-order valence-corrected chi connectivity index (χ3v) is 11.6. The first-order valence-corrected chi connectivity index (χ1v) is 26.2. The molecule has 0 aromatic rings. The number of aliphatic hydroxyl groups is 2. The Labute approximate surface area is 383 Å². The maximum atomic E-state index is 13.2. The molecule has 0 aliphatic carbocycles. The molecule has 0 aliphatic heterocycles. The lowest BCUT2D eigenvalue weighted by Crippen LogP contribution is -2.46. The number of allylic oxidation sites excluding steroid dienone is 12. The van der Waals surface area contributed by atoms with E-state index in [-0.39, 0.29) is 24.9 Å². The minimum atomic E-state index is -0.803. The van der Waals surface area contributed by atoms with Crippen LogP contribution in [0, 0.1) is 0 Å². The quantitative estimate of drug-likeness (QED) is 0.0322. The normalized spacial score (nSPS) is 13.8. The molecule has 358 valence electrons. The van der Waals surface area contributed by atoms with Crippen molar-refractivity contribution >= 4 is 11.9 Å². The van der Waals surface area contributed by atoms with Gasteiger partial charge in [0.1, 0.15) is 6.10 Å². The average Bonchev–Trinajstić information content (AvgIpc) is 3.26. The molecule has 0 fully saturated rings. The highest BCUT2D eigenvalue weighted by atomic mass is 16.5. The van der Waals surface area contributed by atoms with Gasteiger partial charge in [0, 0.05) is 6.42 Å². The predicted octanol–water partition coefficient (Wildman–Crippen LogP) is 15.8. The molecule has 6 heteroatoms. The van der Waals surface area contributed by atoms with Gasteiger partial charge in [-0.15, -0.1) is 0 Å². The Morgan fingerprint density at radius 2 is 0.871 bits per heavy atom. The fourth-order valence-electron chi connectivity index (χ4n) is 7.67. The molecule has 0 aliphatic rings. The van der Waals surface area contributed by atoms with Gasteiger partial charge in [0.25, 0.3) is 0 Å². The number of nitrogens with one attached hydrogen (secondary N) is 1. The summed E-state index contributed by atoms with van der Waals surface area (Å²) in [5, 5.41) is 23.7. The molecule has 0 saturated heterocycles. The fourth-order valence-corrected chi connectivity index (χ4v) is 7.67. The van der Waals surface area contributed by atoms with E-state index in [9.17, 15) is 19.8 Å². The molecule has 0 rings (SSSR count). The van der Waals surface area contributed by atoms with Gasteiger partial charge in [-0.1, -0.05) is 235 Å². The molecule has 0 aromatic carbocycles. The van der Waals surface area contributed by atoms with Gasteiger partial charge >= 0.3 is 5.97 Å². The van der Waals surface area contributed by atoms with Crippen molar-refractivity contribution < 1.29 is 24.5 Å². The lowest BCUT2D eigenvalue weighted by Gasteiger charge is -2.24. The number of ether oxygens (including phenoxy) is 1. The number of esters is 1. The highest BCUT2D eigenvalue weighted by Gasteiger charge is 2.24. The number of hydrogen-bond donors (Lipinski definition) is 3. The number of carbonyl (C=O) groups is 2. The number of hydrogen-bond acceptors (Lipinski definition) is 5. The topological polar surface area (TPSA) is 95.9 Å². The van der Waals surface area contributed by atoms with Crippen LogP contribution in [-0.2, 0) is 14.3 Å². The summed E-state index contributed by atoms with van der Waals surface area (Å²) in [6.07, 6.45) is 62.5. The van der Waals surface area contributed by atoms with Crippen LogP contribution in [0.1, 0.15) is 245 Å². The summed E-state index contributed by atoms with van der Waals surface area (Å²) in [4.78, 5) is 26.1. The van der Waals surface area contributed by atoms with Crippen molar-refractivity contribution in [3.63, 3.8) is 0 Å². The Morgan fingerprint density at radius 3 is 1.35 bits per heavy atom. The van der Waals surface area contributed by atoms with E-state index in [1.165, 1.54) is 109 Å². The first-order valence-electron chi connectivity index (χ1n) is 26.2. The van der Waals surface area contributed by atoms with Gasteiger partial charge in [0.2, 0.25) is 5.91 Å². The first kappa shape index (κ1) is 59.3. The number of rotatable bonds is 46. The van der Waals surface area contributed by atoms with Crippen molar-refractivity contribution in [3.8, 4) is 0 Å². The smallest absolute Gasteiger partial charge is 0.306 e. The van der Waals surface area contributed by atoms with Crippen LogP contribution in [0.2, 0.25) is 0 Å². The highest BCUT2D eigenvalue weighted by molar-refractivity contribution is 5.77. The predicted molar refractivity (Wildman–Crippen MR) is 268 cm³/mol. The highest BCUT2D eigenvalue weighted by Crippen LogP contribution is 2.17. The van der Waals surface area contributed by atoms with E-state index < -0.39 is 18.2 Å². The van der Waals surface area contributed by atoms with Crippen LogP contribution in [-0.4, -0.2) is 46.9 Å². The largest absolute Gasteiger partial charge is 0.462 e. The number of unbranched alkanes of at least 4 members (excludes halogenated alkanes) is 26. The zero-order valence-electron chi connectivity index (χ0n) is 40.7. The van der Waals surface area contributed by atoms with Gasteiger partial charge in [-0.2, -0.15) is 0 Å². The van der Waals surface area contributed by atoms with Crippen molar-refractivity contribution in [1.29, 1.82) is 0 Å². The third kappa shape index (κ3) is 43.9. The van der Waals surface area contributed by atoms with Crippen LogP contribution >= 0.6 is 0 Å². The zero-order valence-corrected chi connectivity index (χ0v) is 40.7. The molecule has 3 atom stereocenters. The van der Waals surface area contributed by atoms with E-state index in [4.69, 9.17) is 4.74 Å². The maximum Gasteiger partial charge on any atom is 0.306 e. The van der Waals surface area contributed by atoms with Crippen molar-refractivity contribution in [3.05, 3.63) is 72.9 Å². The van der Waals surface area contributed by atoms with Gasteiger partial charge in [0.05, 0.1) is 25.2 Å². The summed E-state index contributed by atoms with van der Waals surface area (Å²) in [6, 6.07) is -0.720. The molecular formula is C56H99NO5. The molecular weight excluding hydrogens is 767 g/mol. The Bertz CT molecular complexity index is 1150. The molecule has 1 amide bonds. The van der Waals surface area contributed by atoms with Crippen molar-refractivity contribution in [2.24, 2.45) is 0 Å².